The summed E-state index contributed by atoms with van der Waals surface area (Å²) < 4.78 is 5.30. The number of nitrogens with one attached hydrogen (secondary N) is 1. The van der Waals surface area contributed by atoms with Gasteiger partial charge in [-0.05, 0) is 32.1 Å². The largest absolute Gasteiger partial charge is 0.381 e. The molecule has 0 aromatic rings. The van der Waals surface area contributed by atoms with Crippen LogP contribution in [-0.4, -0.2) is 43.5 Å². The number of fused-ring (bicyclic) bond motifs is 1. The molecular formula is C16H24N2O3. The second kappa shape index (κ2) is 5.79. The van der Waals surface area contributed by atoms with Crippen LogP contribution in [0.5, 0.6) is 0 Å². The number of nitrogens with zero attached hydrogens (tertiary/aromatic N) is 1. The highest BCUT2D eigenvalue weighted by Crippen LogP contribution is 2.46. The number of carbonyl (C=O) groups is 2. The molecule has 21 heavy (non-hydrogen) atoms. The minimum atomic E-state index is -0.0243. The molecule has 2 saturated heterocycles. The van der Waals surface area contributed by atoms with E-state index in [9.17, 15) is 9.59 Å². The van der Waals surface area contributed by atoms with E-state index in [0.717, 1.165) is 37.8 Å². The number of hydrogen-bond acceptors (Lipinski definition) is 3. The van der Waals surface area contributed by atoms with Crippen LogP contribution in [0.4, 0.5) is 0 Å². The lowest BCUT2D eigenvalue weighted by molar-refractivity contribution is -0.132. The van der Waals surface area contributed by atoms with Gasteiger partial charge in [-0.25, -0.2) is 0 Å². The first-order valence-electron chi connectivity index (χ1n) is 7.95. The fourth-order valence-electron chi connectivity index (χ4n) is 3.85. The molecule has 0 radical (unpaired) electrons. The number of amides is 2. The van der Waals surface area contributed by atoms with Crippen molar-refractivity contribution in [3.05, 3.63) is 11.8 Å². The highest BCUT2D eigenvalue weighted by atomic mass is 16.5. The molecule has 1 unspecified atom stereocenters. The van der Waals surface area contributed by atoms with Crippen molar-refractivity contribution in [2.24, 2.45) is 11.3 Å². The number of ether oxygens (including phenoxy) is 1. The van der Waals surface area contributed by atoms with Crippen LogP contribution < -0.4 is 5.32 Å². The Morgan fingerprint density at radius 3 is 2.95 bits per heavy atom. The maximum Gasteiger partial charge on any atom is 0.226 e. The van der Waals surface area contributed by atoms with Gasteiger partial charge in [0.1, 0.15) is 0 Å². The van der Waals surface area contributed by atoms with Gasteiger partial charge in [-0.1, -0.05) is 6.08 Å². The molecule has 116 valence electrons. The van der Waals surface area contributed by atoms with E-state index in [4.69, 9.17) is 4.74 Å². The van der Waals surface area contributed by atoms with Gasteiger partial charge in [-0.3, -0.25) is 9.59 Å². The van der Waals surface area contributed by atoms with Gasteiger partial charge in [0.05, 0.1) is 0 Å². The molecule has 0 aromatic carbocycles. The number of likely N-dealkylation sites (tertiary alicyclic amines) is 1. The Hall–Kier alpha value is -1.36. The van der Waals surface area contributed by atoms with Gasteiger partial charge in [0, 0.05) is 50.3 Å². The van der Waals surface area contributed by atoms with Gasteiger partial charge >= 0.3 is 0 Å². The van der Waals surface area contributed by atoms with Crippen LogP contribution in [0.15, 0.2) is 11.8 Å². The molecule has 5 heteroatoms. The lowest BCUT2D eigenvalue weighted by atomic mass is 9.77. The maximum atomic E-state index is 12.3. The molecule has 1 aliphatic carbocycles. The van der Waals surface area contributed by atoms with Crippen molar-refractivity contribution in [1.29, 1.82) is 0 Å². The normalized spacial score (nSPS) is 30.0. The van der Waals surface area contributed by atoms with Crippen molar-refractivity contribution in [1.82, 2.24) is 10.2 Å². The quantitative estimate of drug-likeness (QED) is 0.856. The van der Waals surface area contributed by atoms with Crippen LogP contribution in [0, 0.1) is 11.3 Å². The van der Waals surface area contributed by atoms with E-state index in [2.05, 4.69) is 11.4 Å². The van der Waals surface area contributed by atoms with E-state index in [1.165, 1.54) is 0 Å². The average Bonchev–Trinajstić information content (AvgIpc) is 2.95. The highest BCUT2D eigenvalue weighted by Gasteiger charge is 2.44. The predicted molar refractivity (Wildman–Crippen MR) is 78.3 cm³/mol. The summed E-state index contributed by atoms with van der Waals surface area (Å²) in [5, 5.41) is 3.15. The Morgan fingerprint density at radius 2 is 2.19 bits per heavy atom. The summed E-state index contributed by atoms with van der Waals surface area (Å²) in [6.07, 6.45) is 7.28. The first-order valence-corrected chi connectivity index (χ1v) is 7.95. The number of hydrogen-bond donors (Lipinski definition) is 1. The van der Waals surface area contributed by atoms with Crippen LogP contribution in [-0.2, 0) is 14.3 Å². The van der Waals surface area contributed by atoms with Crippen LogP contribution in [0.2, 0.25) is 0 Å². The molecule has 0 spiro atoms. The first-order chi connectivity index (χ1) is 10.1. The van der Waals surface area contributed by atoms with Crippen LogP contribution in [0.1, 0.15) is 38.5 Å². The monoisotopic (exact) mass is 292 g/mol. The zero-order valence-corrected chi connectivity index (χ0v) is 12.7. The van der Waals surface area contributed by atoms with Crippen molar-refractivity contribution >= 4 is 11.8 Å². The molecule has 1 N–H and O–H groups in total. The van der Waals surface area contributed by atoms with Crippen molar-refractivity contribution < 1.29 is 14.3 Å². The third-order valence-corrected chi connectivity index (χ3v) is 5.25. The van der Waals surface area contributed by atoms with Gasteiger partial charge in [0.2, 0.25) is 11.8 Å². The molecule has 0 bridgehead atoms. The zero-order valence-electron chi connectivity index (χ0n) is 12.7. The Labute approximate surface area is 125 Å². The Kier molecular flexibility index (Phi) is 4.02. The first kappa shape index (κ1) is 14.6. The van der Waals surface area contributed by atoms with E-state index in [1.54, 1.807) is 4.90 Å². The number of piperidine rings is 1. The molecule has 0 saturated carbocycles. The van der Waals surface area contributed by atoms with Gasteiger partial charge in [0.25, 0.3) is 0 Å². The summed E-state index contributed by atoms with van der Waals surface area (Å²) in [7, 11) is 1.85. The summed E-state index contributed by atoms with van der Waals surface area (Å²) in [5.41, 5.74) is 1.09. The molecular weight excluding hydrogens is 268 g/mol. The highest BCUT2D eigenvalue weighted by molar-refractivity contribution is 5.80. The molecule has 3 aliphatic rings. The molecule has 5 nitrogen and oxygen atoms in total. The number of carbonyl (C=O) groups excluding carboxylic acids is 2. The molecule has 1 atom stereocenters. The van der Waals surface area contributed by atoms with E-state index >= 15 is 0 Å². The van der Waals surface area contributed by atoms with E-state index in [-0.39, 0.29) is 23.1 Å². The third-order valence-electron chi connectivity index (χ3n) is 5.25. The second-order valence-corrected chi connectivity index (χ2v) is 6.47. The summed E-state index contributed by atoms with van der Waals surface area (Å²) in [6.45, 7) is 2.03. The van der Waals surface area contributed by atoms with Gasteiger partial charge in [-0.15, -0.1) is 0 Å². The molecule has 3 rings (SSSR count). The van der Waals surface area contributed by atoms with Gasteiger partial charge in [0.15, 0.2) is 0 Å². The van der Waals surface area contributed by atoms with Crippen LogP contribution in [0.25, 0.3) is 0 Å². The SMILES string of the molecule is CN1C(=O)CCC2(CNC(=O)C3CCOCC3)CCC=C12. The maximum absolute atomic E-state index is 12.3. The lowest BCUT2D eigenvalue weighted by Gasteiger charge is -2.41. The fourth-order valence-corrected chi connectivity index (χ4v) is 3.85. The predicted octanol–water partition coefficient (Wildman–Crippen LogP) is 1.45. The molecule has 2 amide bonds. The third kappa shape index (κ3) is 2.71. The van der Waals surface area contributed by atoms with Crippen molar-refractivity contribution in [2.75, 3.05) is 26.8 Å². The molecule has 0 aromatic heterocycles. The summed E-state index contributed by atoms with van der Waals surface area (Å²) in [6, 6.07) is 0. The smallest absolute Gasteiger partial charge is 0.226 e. The zero-order chi connectivity index (χ0) is 14.9. The Balaban J connectivity index is 1.62. The van der Waals surface area contributed by atoms with Gasteiger partial charge < -0.3 is 15.0 Å². The second-order valence-electron chi connectivity index (χ2n) is 6.47. The average molecular weight is 292 g/mol. The Morgan fingerprint density at radius 1 is 1.43 bits per heavy atom. The summed E-state index contributed by atoms with van der Waals surface area (Å²) in [5.74, 6) is 0.431. The molecule has 2 fully saturated rings. The van der Waals surface area contributed by atoms with E-state index in [1.807, 2.05) is 7.05 Å². The molecule has 2 aliphatic heterocycles. The summed E-state index contributed by atoms with van der Waals surface area (Å²) in [4.78, 5) is 25.9. The van der Waals surface area contributed by atoms with Crippen molar-refractivity contribution in [3.63, 3.8) is 0 Å². The van der Waals surface area contributed by atoms with E-state index in [0.29, 0.717) is 26.2 Å². The topological polar surface area (TPSA) is 58.6 Å². The van der Waals surface area contributed by atoms with Crippen molar-refractivity contribution in [2.45, 2.75) is 38.5 Å². The van der Waals surface area contributed by atoms with E-state index < -0.39 is 0 Å². The van der Waals surface area contributed by atoms with Crippen molar-refractivity contribution in [3.8, 4) is 0 Å². The minimum Gasteiger partial charge on any atom is -0.381 e. The fraction of sp³-hybridized carbons (Fsp3) is 0.750. The minimum absolute atomic E-state index is 0.0243. The summed E-state index contributed by atoms with van der Waals surface area (Å²) >= 11 is 0. The van der Waals surface area contributed by atoms with Crippen LogP contribution in [0.3, 0.4) is 0 Å². The standard InChI is InChI=1S/C16H24N2O3/c1-18-13-3-2-7-16(13,8-4-14(18)19)11-17-15(20)12-5-9-21-10-6-12/h3,12H,2,4-11H2,1H3,(H,17,20). The number of rotatable bonds is 3. The Bertz CT molecular complexity index is 468. The lowest BCUT2D eigenvalue weighted by Crippen LogP contribution is -2.48. The number of allylic oxidation sites excluding steroid dienone is 1. The van der Waals surface area contributed by atoms with Crippen LogP contribution >= 0.6 is 0 Å². The van der Waals surface area contributed by atoms with Gasteiger partial charge in [-0.2, -0.15) is 0 Å². The molecule has 2 heterocycles.